The Labute approximate surface area is 166 Å². The lowest BCUT2D eigenvalue weighted by molar-refractivity contribution is 0.0129. The van der Waals surface area contributed by atoms with Crippen LogP contribution >= 0.6 is 11.6 Å². The second-order valence-electron chi connectivity index (χ2n) is 8.38. The van der Waals surface area contributed by atoms with Gasteiger partial charge in [-0.1, -0.05) is 0 Å². The SMILES string of the molecule is NC[C@H]1C2C(C[C@@]34NC(N)=NC3n3cccc3C(=O)N24)[C@]2(CN=C(N)N2)[C@H]1Cl. The van der Waals surface area contributed by atoms with E-state index in [0.29, 0.717) is 37.1 Å². The van der Waals surface area contributed by atoms with Crippen LogP contribution in [0.2, 0.25) is 0 Å². The molecule has 1 saturated carbocycles. The van der Waals surface area contributed by atoms with E-state index in [1.165, 1.54) is 0 Å². The molecule has 0 radical (unpaired) electrons. The first-order chi connectivity index (χ1) is 13.4. The predicted octanol–water partition coefficient (Wildman–Crippen LogP) is -1.70. The number of amides is 1. The highest BCUT2D eigenvalue weighted by Gasteiger charge is 2.74. The Kier molecular flexibility index (Phi) is 2.90. The van der Waals surface area contributed by atoms with Crippen LogP contribution in [0, 0.1) is 11.8 Å². The number of carbonyl (C=O) groups is 1. The lowest BCUT2D eigenvalue weighted by Gasteiger charge is -2.47. The van der Waals surface area contributed by atoms with Gasteiger partial charge in [-0.05, 0) is 18.7 Å². The Bertz CT molecular complexity index is 958. The van der Waals surface area contributed by atoms with Gasteiger partial charge in [0.15, 0.2) is 23.7 Å². The summed E-state index contributed by atoms with van der Waals surface area (Å²) in [6, 6.07) is 3.52. The van der Waals surface area contributed by atoms with Crippen molar-refractivity contribution >= 4 is 29.4 Å². The van der Waals surface area contributed by atoms with Gasteiger partial charge in [0.05, 0.1) is 17.5 Å². The van der Waals surface area contributed by atoms with E-state index in [-0.39, 0.29) is 35.3 Å². The van der Waals surface area contributed by atoms with E-state index in [4.69, 9.17) is 28.8 Å². The van der Waals surface area contributed by atoms with Crippen LogP contribution in [-0.4, -0.2) is 63.0 Å². The minimum atomic E-state index is -0.737. The highest BCUT2D eigenvalue weighted by molar-refractivity contribution is 6.22. The van der Waals surface area contributed by atoms with Gasteiger partial charge in [0.1, 0.15) is 5.69 Å². The summed E-state index contributed by atoms with van der Waals surface area (Å²) in [4.78, 5) is 24.5. The van der Waals surface area contributed by atoms with Gasteiger partial charge in [-0.2, -0.15) is 0 Å². The van der Waals surface area contributed by atoms with E-state index >= 15 is 0 Å². The van der Waals surface area contributed by atoms with Gasteiger partial charge in [0, 0.05) is 30.5 Å². The van der Waals surface area contributed by atoms with Gasteiger partial charge >= 0.3 is 0 Å². The number of guanidine groups is 2. The first-order valence-corrected chi connectivity index (χ1v) is 9.91. The second-order valence-corrected chi connectivity index (χ2v) is 8.85. The number of alkyl halides is 1. The normalized spacial score (nSPS) is 45.1. The van der Waals surface area contributed by atoms with Crippen molar-refractivity contribution in [2.24, 2.45) is 39.0 Å². The summed E-state index contributed by atoms with van der Waals surface area (Å²) >= 11 is 6.95. The Morgan fingerprint density at radius 2 is 2.14 bits per heavy atom. The maximum atomic E-state index is 13.6. The number of fused-ring (bicyclic) bond motifs is 5. The molecule has 0 aromatic carbocycles. The molecule has 1 amide bonds. The van der Waals surface area contributed by atoms with Crippen LogP contribution in [0.3, 0.4) is 0 Å². The summed E-state index contributed by atoms with van der Waals surface area (Å²) < 4.78 is 1.90. The molecular formula is C17H22ClN9O. The third-order valence-corrected chi connectivity index (χ3v) is 8.01. The van der Waals surface area contributed by atoms with Crippen molar-refractivity contribution in [3.8, 4) is 0 Å². The zero-order chi connectivity index (χ0) is 19.4. The van der Waals surface area contributed by atoms with Crippen LogP contribution < -0.4 is 27.8 Å². The maximum absolute atomic E-state index is 13.6. The molecule has 28 heavy (non-hydrogen) atoms. The van der Waals surface area contributed by atoms with Crippen molar-refractivity contribution in [1.82, 2.24) is 20.1 Å². The predicted molar refractivity (Wildman–Crippen MR) is 104 cm³/mol. The molecule has 6 rings (SSSR count). The number of aromatic nitrogens is 1. The third-order valence-electron chi connectivity index (χ3n) is 7.30. The Hall–Kier alpha value is -2.46. The van der Waals surface area contributed by atoms with E-state index in [0.717, 1.165) is 0 Å². The summed E-state index contributed by atoms with van der Waals surface area (Å²) in [5.41, 5.74) is 17.6. The van der Waals surface area contributed by atoms with Gasteiger partial charge in [-0.25, -0.2) is 4.99 Å². The molecule has 10 nitrogen and oxygen atoms in total. The molecule has 0 bridgehead atoms. The van der Waals surface area contributed by atoms with Gasteiger partial charge < -0.3 is 37.3 Å². The lowest BCUT2D eigenvalue weighted by Crippen LogP contribution is -2.66. The molecule has 3 unspecified atom stereocenters. The Morgan fingerprint density at radius 1 is 1.32 bits per heavy atom. The number of hydrogen-bond donors (Lipinski definition) is 5. The molecule has 2 spiro atoms. The minimum absolute atomic E-state index is 0.0120. The summed E-state index contributed by atoms with van der Waals surface area (Å²) in [6.45, 7) is 0.830. The van der Waals surface area contributed by atoms with E-state index in [2.05, 4.69) is 20.6 Å². The molecule has 8 N–H and O–H groups in total. The molecule has 1 saturated heterocycles. The molecule has 5 aliphatic rings. The number of nitrogens with one attached hydrogen (secondary N) is 2. The molecule has 2 fully saturated rings. The van der Waals surface area contributed by atoms with Crippen molar-refractivity contribution in [3.63, 3.8) is 0 Å². The van der Waals surface area contributed by atoms with E-state index < -0.39 is 11.2 Å². The number of rotatable bonds is 1. The van der Waals surface area contributed by atoms with Crippen molar-refractivity contribution in [3.05, 3.63) is 24.0 Å². The lowest BCUT2D eigenvalue weighted by atomic mass is 9.82. The maximum Gasteiger partial charge on any atom is 0.272 e. The standard InChI is InChI=1S/C17H22ClN9O/c18-11-7(5-19)10-8(16(11)6-22-14(20)24-16)4-17-13(23-15(21)25-17)26-3-1-2-9(26)12(28)27(10)17/h1-3,7-8,10-11,13H,4-6,19H2,(H3,20,22,24)(H3,21,23,25)/t7-,8?,10?,11-,13?,16+,17-/m0/s1. The fraction of sp³-hybridized carbons (Fsp3) is 0.588. The molecular weight excluding hydrogens is 382 g/mol. The zero-order valence-corrected chi connectivity index (χ0v) is 15.8. The van der Waals surface area contributed by atoms with E-state index in [1.54, 1.807) is 0 Å². The number of carbonyl (C=O) groups excluding carboxylic acids is 1. The van der Waals surface area contributed by atoms with Gasteiger partial charge in [-0.15, -0.1) is 11.6 Å². The van der Waals surface area contributed by atoms with Crippen LogP contribution in [0.25, 0.3) is 0 Å². The number of nitrogens with zero attached hydrogens (tertiary/aromatic N) is 4. The van der Waals surface area contributed by atoms with Gasteiger partial charge in [0.25, 0.3) is 5.91 Å². The number of hydrogen-bond acceptors (Lipinski definition) is 8. The average Bonchev–Trinajstić information content (AvgIpc) is 3.42. The number of aliphatic imine (C=N–C) groups is 2. The van der Waals surface area contributed by atoms with Crippen molar-refractivity contribution < 1.29 is 4.79 Å². The summed E-state index contributed by atoms with van der Waals surface area (Å²) in [5, 5.41) is 6.37. The summed E-state index contributed by atoms with van der Waals surface area (Å²) in [6.07, 6.45) is 2.18. The van der Waals surface area contributed by atoms with Crippen molar-refractivity contribution in [2.45, 2.75) is 35.2 Å². The molecule has 11 heteroatoms. The van der Waals surface area contributed by atoms with Gasteiger partial charge in [-0.3, -0.25) is 9.79 Å². The second kappa shape index (κ2) is 4.93. The number of halogens is 1. The topological polar surface area (TPSA) is 152 Å². The third kappa shape index (κ3) is 1.60. The molecule has 4 aliphatic heterocycles. The summed E-state index contributed by atoms with van der Waals surface area (Å²) in [5.74, 6) is 0.568. The fourth-order valence-electron chi connectivity index (χ4n) is 6.31. The van der Waals surface area contributed by atoms with Crippen LogP contribution in [0.15, 0.2) is 28.3 Å². The minimum Gasteiger partial charge on any atom is -0.370 e. The van der Waals surface area contributed by atoms with Gasteiger partial charge in [0.2, 0.25) is 0 Å². The van der Waals surface area contributed by atoms with Crippen molar-refractivity contribution in [2.75, 3.05) is 13.1 Å². The Balaban J connectivity index is 1.53. The molecule has 5 heterocycles. The first kappa shape index (κ1) is 16.5. The number of nitrogens with two attached hydrogens (primary N) is 3. The average molecular weight is 404 g/mol. The monoisotopic (exact) mass is 403 g/mol. The fourth-order valence-corrected chi connectivity index (χ4v) is 6.85. The molecule has 7 atom stereocenters. The van der Waals surface area contributed by atoms with E-state index in [1.807, 2.05) is 27.8 Å². The van der Waals surface area contributed by atoms with E-state index in [9.17, 15) is 4.79 Å². The smallest absolute Gasteiger partial charge is 0.272 e. The highest BCUT2D eigenvalue weighted by atomic mass is 35.5. The molecule has 1 aromatic rings. The van der Waals surface area contributed by atoms with Crippen LogP contribution in [-0.2, 0) is 0 Å². The van der Waals surface area contributed by atoms with Crippen LogP contribution in [0.1, 0.15) is 23.1 Å². The zero-order valence-electron chi connectivity index (χ0n) is 15.0. The quantitative estimate of drug-likeness (QED) is 0.352. The van der Waals surface area contributed by atoms with Crippen LogP contribution in [0.5, 0.6) is 0 Å². The van der Waals surface area contributed by atoms with Crippen molar-refractivity contribution in [1.29, 1.82) is 0 Å². The molecule has 1 aliphatic carbocycles. The largest absolute Gasteiger partial charge is 0.370 e. The highest BCUT2D eigenvalue weighted by Crippen LogP contribution is 2.60. The Morgan fingerprint density at radius 3 is 2.86 bits per heavy atom. The molecule has 148 valence electrons. The molecule has 1 aromatic heterocycles. The van der Waals surface area contributed by atoms with Crippen LogP contribution in [0.4, 0.5) is 0 Å². The first-order valence-electron chi connectivity index (χ1n) is 9.47. The summed E-state index contributed by atoms with van der Waals surface area (Å²) in [7, 11) is 0.